The molecule has 0 aliphatic heterocycles. The summed E-state index contributed by atoms with van der Waals surface area (Å²) >= 11 is 7.50. The lowest BCUT2D eigenvalue weighted by atomic mass is 10.2. The van der Waals surface area contributed by atoms with Crippen LogP contribution < -0.4 is 5.32 Å². The Kier molecular flexibility index (Phi) is 4.75. The van der Waals surface area contributed by atoms with Crippen molar-refractivity contribution in [2.75, 3.05) is 5.32 Å². The number of hydrogen-bond donors (Lipinski definition) is 1. The molecule has 0 saturated heterocycles. The number of hydrogen-bond acceptors (Lipinski definition) is 4. The lowest BCUT2D eigenvalue weighted by Crippen LogP contribution is -2.13. The van der Waals surface area contributed by atoms with Crippen LogP contribution in [0, 0.1) is 6.92 Å². The second-order valence-corrected chi connectivity index (χ2v) is 7.30. The maximum Gasteiger partial charge on any atom is 0.267 e. The van der Waals surface area contributed by atoms with Crippen LogP contribution in [0.5, 0.6) is 0 Å². The molecule has 1 N–H and O–H groups in total. The lowest BCUT2D eigenvalue weighted by molar-refractivity contribution is 0.103. The maximum absolute atomic E-state index is 12.9. The number of benzene rings is 2. The van der Waals surface area contributed by atoms with Crippen LogP contribution in [0.15, 0.2) is 67.0 Å². The summed E-state index contributed by atoms with van der Waals surface area (Å²) in [5.41, 5.74) is 3.01. The summed E-state index contributed by atoms with van der Waals surface area (Å²) in [5, 5.41) is 8.53. The Labute approximate surface area is 165 Å². The summed E-state index contributed by atoms with van der Waals surface area (Å²) in [6.45, 7) is 1.84. The number of carbonyl (C=O) groups is 1. The van der Waals surface area contributed by atoms with Gasteiger partial charge in [0.05, 0.1) is 17.1 Å². The van der Waals surface area contributed by atoms with E-state index in [1.807, 2.05) is 55.6 Å². The van der Waals surface area contributed by atoms with Crippen molar-refractivity contribution in [2.24, 2.45) is 0 Å². The number of halogens is 1. The van der Waals surface area contributed by atoms with Gasteiger partial charge in [-0.2, -0.15) is 5.10 Å². The van der Waals surface area contributed by atoms with Crippen molar-refractivity contribution in [3.63, 3.8) is 0 Å². The number of nitrogens with zero attached hydrogens (tertiary/aromatic N) is 3. The fourth-order valence-electron chi connectivity index (χ4n) is 2.71. The highest BCUT2D eigenvalue weighted by atomic mass is 35.5. The monoisotopic (exact) mass is 394 g/mol. The number of amides is 1. The zero-order valence-corrected chi connectivity index (χ0v) is 16.0. The Balaban J connectivity index is 1.66. The molecule has 0 aliphatic carbocycles. The molecule has 5 nitrogen and oxygen atoms in total. The van der Waals surface area contributed by atoms with E-state index < -0.39 is 0 Å². The highest BCUT2D eigenvalue weighted by Crippen LogP contribution is 2.30. The van der Waals surface area contributed by atoms with E-state index in [1.165, 1.54) is 11.3 Å². The molecule has 7 heteroatoms. The molecule has 0 radical (unpaired) electrons. The molecule has 0 bridgehead atoms. The first kappa shape index (κ1) is 17.5. The van der Waals surface area contributed by atoms with E-state index in [0.717, 1.165) is 16.3 Å². The Hall–Kier alpha value is -2.96. The number of aryl methyl sites for hydroxylation is 1. The predicted molar refractivity (Wildman–Crippen MR) is 109 cm³/mol. The van der Waals surface area contributed by atoms with Gasteiger partial charge in [-0.05, 0) is 31.2 Å². The van der Waals surface area contributed by atoms with Crippen molar-refractivity contribution in [2.45, 2.75) is 6.92 Å². The van der Waals surface area contributed by atoms with Crippen LogP contribution in [0.4, 0.5) is 5.69 Å². The van der Waals surface area contributed by atoms with E-state index in [0.29, 0.717) is 21.3 Å². The number of aromatic nitrogens is 3. The van der Waals surface area contributed by atoms with Crippen molar-refractivity contribution >= 4 is 34.5 Å². The number of carbonyl (C=O) groups excluding carboxylic acids is 1. The quantitative estimate of drug-likeness (QED) is 0.516. The van der Waals surface area contributed by atoms with E-state index in [4.69, 9.17) is 11.6 Å². The Morgan fingerprint density at radius 3 is 2.70 bits per heavy atom. The molecular weight excluding hydrogens is 380 g/mol. The predicted octanol–water partition coefficient (Wildman–Crippen LogP) is 5.21. The first-order valence-electron chi connectivity index (χ1n) is 8.25. The first-order chi connectivity index (χ1) is 13.1. The molecular formula is C20H15ClN4OS. The topological polar surface area (TPSA) is 59.8 Å². The summed E-state index contributed by atoms with van der Waals surface area (Å²) in [6.07, 6.45) is 3.49. The summed E-state index contributed by atoms with van der Waals surface area (Å²) in [6, 6.07) is 16.9. The Bertz CT molecular complexity index is 1090. The van der Waals surface area contributed by atoms with E-state index >= 15 is 0 Å². The molecule has 0 aliphatic rings. The fourth-order valence-corrected chi connectivity index (χ4v) is 3.85. The molecule has 2 heterocycles. The van der Waals surface area contributed by atoms with Gasteiger partial charge in [0.15, 0.2) is 0 Å². The van der Waals surface area contributed by atoms with Crippen molar-refractivity contribution < 1.29 is 4.79 Å². The largest absolute Gasteiger partial charge is 0.319 e. The van der Waals surface area contributed by atoms with Gasteiger partial charge >= 0.3 is 0 Å². The summed E-state index contributed by atoms with van der Waals surface area (Å²) in [4.78, 5) is 18.0. The molecule has 0 saturated carbocycles. The second-order valence-electron chi connectivity index (χ2n) is 5.87. The fraction of sp³-hybridized carbons (Fsp3) is 0.0500. The van der Waals surface area contributed by atoms with Crippen molar-refractivity contribution in [1.82, 2.24) is 14.8 Å². The zero-order valence-electron chi connectivity index (χ0n) is 14.4. The van der Waals surface area contributed by atoms with Gasteiger partial charge in [0, 0.05) is 23.0 Å². The van der Waals surface area contributed by atoms with Gasteiger partial charge in [-0.3, -0.25) is 4.79 Å². The van der Waals surface area contributed by atoms with Crippen LogP contribution in [0.1, 0.15) is 15.4 Å². The van der Waals surface area contributed by atoms with Gasteiger partial charge in [0.2, 0.25) is 0 Å². The molecule has 134 valence electrons. The van der Waals surface area contributed by atoms with Crippen molar-refractivity contribution in [3.8, 4) is 16.3 Å². The number of thiazole rings is 1. The highest BCUT2D eigenvalue weighted by Gasteiger charge is 2.18. The number of rotatable bonds is 4. The van der Waals surface area contributed by atoms with Gasteiger partial charge in [-0.1, -0.05) is 41.9 Å². The van der Waals surface area contributed by atoms with Crippen LogP contribution in [0.25, 0.3) is 16.3 Å². The smallest absolute Gasteiger partial charge is 0.267 e. The molecule has 2 aromatic carbocycles. The van der Waals surface area contributed by atoms with Crippen molar-refractivity contribution in [1.29, 1.82) is 0 Å². The van der Waals surface area contributed by atoms with Crippen LogP contribution in [0.2, 0.25) is 5.02 Å². The molecule has 0 spiro atoms. The zero-order chi connectivity index (χ0) is 18.8. The second kappa shape index (κ2) is 7.34. The standard InChI is InChI=1S/C20H15ClN4OS/c1-13-18(27-20(23-13)14-6-3-2-4-7-14)19(26)24-16-12-15(21)8-9-17(16)25-11-5-10-22-25/h2-12H,1H3,(H,24,26). The maximum atomic E-state index is 12.9. The van der Waals surface area contributed by atoms with E-state index in [2.05, 4.69) is 15.4 Å². The van der Waals surface area contributed by atoms with Gasteiger partial charge in [0.25, 0.3) is 5.91 Å². The molecule has 0 unspecified atom stereocenters. The van der Waals surface area contributed by atoms with E-state index in [-0.39, 0.29) is 5.91 Å². The lowest BCUT2D eigenvalue weighted by Gasteiger charge is -2.11. The SMILES string of the molecule is Cc1nc(-c2ccccc2)sc1C(=O)Nc1cc(Cl)ccc1-n1cccn1. The average Bonchev–Trinajstić information content (AvgIpc) is 3.32. The summed E-state index contributed by atoms with van der Waals surface area (Å²) in [7, 11) is 0. The van der Waals surface area contributed by atoms with Crippen LogP contribution in [0.3, 0.4) is 0 Å². The van der Waals surface area contributed by atoms with Gasteiger partial charge in [-0.15, -0.1) is 11.3 Å². The van der Waals surface area contributed by atoms with Crippen LogP contribution in [-0.4, -0.2) is 20.7 Å². The molecule has 4 aromatic rings. The molecule has 2 aromatic heterocycles. The minimum atomic E-state index is -0.220. The Morgan fingerprint density at radius 1 is 1.15 bits per heavy atom. The third kappa shape index (κ3) is 3.63. The molecule has 27 heavy (non-hydrogen) atoms. The highest BCUT2D eigenvalue weighted by molar-refractivity contribution is 7.17. The third-order valence-electron chi connectivity index (χ3n) is 3.98. The molecule has 4 rings (SSSR count). The first-order valence-corrected chi connectivity index (χ1v) is 9.45. The Morgan fingerprint density at radius 2 is 1.96 bits per heavy atom. The molecule has 1 amide bonds. The van der Waals surface area contributed by atoms with Gasteiger partial charge < -0.3 is 5.32 Å². The number of anilines is 1. The van der Waals surface area contributed by atoms with E-state index in [1.54, 1.807) is 23.0 Å². The van der Waals surface area contributed by atoms with Crippen LogP contribution >= 0.6 is 22.9 Å². The number of nitrogens with one attached hydrogen (secondary N) is 1. The van der Waals surface area contributed by atoms with Crippen molar-refractivity contribution in [3.05, 3.63) is 82.6 Å². The minimum absolute atomic E-state index is 0.220. The molecule has 0 atom stereocenters. The average molecular weight is 395 g/mol. The summed E-state index contributed by atoms with van der Waals surface area (Å²) < 4.78 is 1.68. The van der Waals surface area contributed by atoms with Gasteiger partial charge in [0.1, 0.15) is 9.88 Å². The molecule has 0 fully saturated rings. The van der Waals surface area contributed by atoms with Crippen LogP contribution in [-0.2, 0) is 0 Å². The van der Waals surface area contributed by atoms with Gasteiger partial charge in [-0.25, -0.2) is 9.67 Å². The normalized spacial score (nSPS) is 10.7. The minimum Gasteiger partial charge on any atom is -0.319 e. The third-order valence-corrected chi connectivity index (χ3v) is 5.42. The van der Waals surface area contributed by atoms with E-state index in [9.17, 15) is 4.79 Å². The summed E-state index contributed by atoms with van der Waals surface area (Å²) in [5.74, 6) is -0.220.